The van der Waals surface area contributed by atoms with E-state index in [1.165, 1.54) is 18.7 Å². The van der Waals surface area contributed by atoms with Crippen LogP contribution in [0.5, 0.6) is 11.5 Å². The fourth-order valence-electron chi connectivity index (χ4n) is 2.66. The van der Waals surface area contributed by atoms with Gasteiger partial charge in [-0.05, 0) is 19.4 Å². The second-order valence-electron chi connectivity index (χ2n) is 4.97. The molecule has 1 fully saturated rings. The normalized spacial score (nSPS) is 22.7. The Morgan fingerprint density at radius 1 is 1.50 bits per heavy atom. The van der Waals surface area contributed by atoms with Crippen LogP contribution in [-0.4, -0.2) is 41.8 Å². The molecule has 20 heavy (non-hydrogen) atoms. The number of rotatable bonds is 1. The first-order chi connectivity index (χ1) is 9.63. The number of nitrogens with zero attached hydrogens (tertiary/aromatic N) is 2. The van der Waals surface area contributed by atoms with Crippen LogP contribution in [-0.2, 0) is 0 Å². The molecule has 1 amide bonds. The summed E-state index contributed by atoms with van der Waals surface area (Å²) in [7, 11) is 1.46. The maximum Gasteiger partial charge on any atom is 0.257 e. The summed E-state index contributed by atoms with van der Waals surface area (Å²) in [6.07, 6.45) is 4.66. The van der Waals surface area contributed by atoms with Crippen molar-refractivity contribution in [3.63, 3.8) is 0 Å². The highest BCUT2D eigenvalue weighted by molar-refractivity contribution is 6.03. The molecule has 3 rings (SSSR count). The number of fused-ring (bicyclic) bond motifs is 2. The Balaban J connectivity index is 2.07. The van der Waals surface area contributed by atoms with Crippen LogP contribution < -0.4 is 4.74 Å². The maximum absolute atomic E-state index is 12.6. The maximum atomic E-state index is 12.6. The average Bonchev–Trinajstić information content (AvgIpc) is 2.83. The van der Waals surface area contributed by atoms with Crippen molar-refractivity contribution in [1.82, 2.24) is 4.90 Å². The van der Waals surface area contributed by atoms with Crippen molar-refractivity contribution >= 4 is 17.8 Å². The number of allylic oxidation sites excluding steroid dienone is 1. The van der Waals surface area contributed by atoms with Gasteiger partial charge in [-0.3, -0.25) is 9.79 Å². The first kappa shape index (κ1) is 12.7. The fourth-order valence-corrected chi connectivity index (χ4v) is 2.66. The number of aliphatic imine (C=N–C) groups is 1. The molecule has 0 radical (unpaired) electrons. The molecule has 1 aromatic carbocycles. The predicted octanol–water partition coefficient (Wildman–Crippen LogP) is 2.28. The van der Waals surface area contributed by atoms with Gasteiger partial charge in [0.15, 0.2) is 11.5 Å². The second kappa shape index (κ2) is 4.67. The first-order valence-electron chi connectivity index (χ1n) is 6.54. The van der Waals surface area contributed by atoms with E-state index < -0.39 is 0 Å². The van der Waals surface area contributed by atoms with E-state index in [0.29, 0.717) is 17.8 Å². The largest absolute Gasteiger partial charge is 0.504 e. The summed E-state index contributed by atoms with van der Waals surface area (Å²) < 4.78 is 5.07. The summed E-state index contributed by atoms with van der Waals surface area (Å²) in [6.45, 7) is 2.62. The minimum absolute atomic E-state index is 0.00534. The van der Waals surface area contributed by atoms with Crippen molar-refractivity contribution in [1.29, 1.82) is 0 Å². The number of ether oxygens (including phenoxy) is 1. The molecule has 1 saturated heterocycles. The minimum atomic E-state index is -0.0716. The van der Waals surface area contributed by atoms with Gasteiger partial charge in [0.1, 0.15) is 0 Å². The Kier molecular flexibility index (Phi) is 2.97. The Labute approximate surface area is 117 Å². The number of hydrogen-bond acceptors (Lipinski definition) is 4. The molecule has 0 spiro atoms. The van der Waals surface area contributed by atoms with E-state index in [1.54, 1.807) is 17.2 Å². The Bertz CT molecular complexity index is 634. The van der Waals surface area contributed by atoms with Gasteiger partial charge in [0.25, 0.3) is 5.91 Å². The van der Waals surface area contributed by atoms with Crippen LogP contribution in [0, 0.1) is 0 Å². The Morgan fingerprint density at radius 3 is 3.00 bits per heavy atom. The van der Waals surface area contributed by atoms with Gasteiger partial charge >= 0.3 is 0 Å². The van der Waals surface area contributed by atoms with E-state index in [2.05, 4.69) is 4.99 Å². The van der Waals surface area contributed by atoms with Crippen LogP contribution in [0.1, 0.15) is 23.7 Å². The van der Waals surface area contributed by atoms with E-state index >= 15 is 0 Å². The van der Waals surface area contributed by atoms with Crippen molar-refractivity contribution in [2.24, 2.45) is 4.99 Å². The number of carbonyl (C=O) groups is 1. The van der Waals surface area contributed by atoms with Gasteiger partial charge in [-0.15, -0.1) is 0 Å². The number of phenolic OH excluding ortho intramolecular Hbond substituents is 1. The van der Waals surface area contributed by atoms with E-state index in [4.69, 9.17) is 4.74 Å². The quantitative estimate of drug-likeness (QED) is 0.798. The molecule has 2 aliphatic rings. The summed E-state index contributed by atoms with van der Waals surface area (Å²) >= 11 is 0. The number of phenols is 1. The van der Waals surface area contributed by atoms with Gasteiger partial charge in [-0.2, -0.15) is 0 Å². The molecule has 0 aliphatic carbocycles. The third-order valence-electron chi connectivity index (χ3n) is 3.83. The number of hydrogen-bond donors (Lipinski definition) is 1. The van der Waals surface area contributed by atoms with Crippen molar-refractivity contribution in [2.75, 3.05) is 13.7 Å². The zero-order valence-electron chi connectivity index (χ0n) is 11.5. The van der Waals surface area contributed by atoms with Gasteiger partial charge < -0.3 is 14.7 Å². The number of benzene rings is 1. The van der Waals surface area contributed by atoms with Crippen molar-refractivity contribution in [3.8, 4) is 11.5 Å². The minimum Gasteiger partial charge on any atom is -0.504 e. The molecule has 1 atom stereocenters. The number of methoxy groups -OCH3 is 1. The molecule has 2 heterocycles. The summed E-state index contributed by atoms with van der Waals surface area (Å²) in [4.78, 5) is 18.8. The predicted molar refractivity (Wildman–Crippen MR) is 76.0 cm³/mol. The molecule has 5 heteroatoms. The van der Waals surface area contributed by atoms with Gasteiger partial charge in [-0.25, -0.2) is 0 Å². The number of carbonyl (C=O) groups excluding carboxylic acids is 1. The lowest BCUT2D eigenvalue weighted by molar-refractivity contribution is 0.0777. The van der Waals surface area contributed by atoms with Gasteiger partial charge in [0, 0.05) is 18.8 Å². The van der Waals surface area contributed by atoms with Crippen molar-refractivity contribution in [3.05, 3.63) is 29.3 Å². The molecule has 5 nitrogen and oxygen atoms in total. The molecule has 0 saturated carbocycles. The second-order valence-corrected chi connectivity index (χ2v) is 4.97. The molecule has 2 aliphatic heterocycles. The molecule has 1 unspecified atom stereocenters. The lowest BCUT2D eigenvalue weighted by Crippen LogP contribution is -2.35. The highest BCUT2D eigenvalue weighted by Crippen LogP contribution is 2.37. The lowest BCUT2D eigenvalue weighted by Gasteiger charge is -2.19. The highest BCUT2D eigenvalue weighted by atomic mass is 16.5. The fraction of sp³-hybridized carbons (Fsp3) is 0.333. The monoisotopic (exact) mass is 272 g/mol. The smallest absolute Gasteiger partial charge is 0.257 e. The molecule has 104 valence electrons. The Hall–Kier alpha value is -2.30. The summed E-state index contributed by atoms with van der Waals surface area (Å²) in [6, 6.07) is 3.02. The number of amides is 1. The molecule has 1 N–H and O–H groups in total. The molecule has 0 aromatic heterocycles. The number of aromatic hydroxyl groups is 1. The summed E-state index contributed by atoms with van der Waals surface area (Å²) in [5, 5.41) is 9.79. The van der Waals surface area contributed by atoms with Gasteiger partial charge in [0.2, 0.25) is 0 Å². The van der Waals surface area contributed by atoms with E-state index in [1.807, 2.05) is 13.0 Å². The third kappa shape index (κ3) is 1.86. The van der Waals surface area contributed by atoms with E-state index in [-0.39, 0.29) is 23.4 Å². The topological polar surface area (TPSA) is 62.1 Å². The van der Waals surface area contributed by atoms with Crippen LogP contribution in [0.25, 0.3) is 0 Å². The standard InChI is InChI=1S/C15H16N2O3/c1-3-9-4-10-7-16-12-6-13(18)14(20-2)5-11(12)15(19)17(10)8-9/h3,5-7,10,18H,4,8H2,1-2H3/b9-3+. The Morgan fingerprint density at radius 2 is 2.30 bits per heavy atom. The van der Waals surface area contributed by atoms with Crippen molar-refractivity contribution in [2.45, 2.75) is 19.4 Å². The summed E-state index contributed by atoms with van der Waals surface area (Å²) in [5.74, 6) is 0.209. The van der Waals surface area contributed by atoms with Crippen LogP contribution >= 0.6 is 0 Å². The zero-order chi connectivity index (χ0) is 14.3. The van der Waals surface area contributed by atoms with E-state index in [9.17, 15) is 9.90 Å². The molecular weight excluding hydrogens is 256 g/mol. The SMILES string of the molecule is C/C=C1\CC2C=Nc3cc(O)c(OC)cc3C(=O)N2C1. The lowest BCUT2D eigenvalue weighted by atomic mass is 10.1. The molecule has 0 bridgehead atoms. The summed E-state index contributed by atoms with van der Waals surface area (Å²) in [5.41, 5.74) is 2.20. The average molecular weight is 272 g/mol. The first-order valence-corrected chi connectivity index (χ1v) is 6.54. The molecule has 1 aromatic rings. The highest BCUT2D eigenvalue weighted by Gasteiger charge is 2.34. The van der Waals surface area contributed by atoms with Gasteiger partial charge in [-0.1, -0.05) is 11.6 Å². The van der Waals surface area contributed by atoms with Crippen LogP contribution in [0.2, 0.25) is 0 Å². The third-order valence-corrected chi connectivity index (χ3v) is 3.83. The van der Waals surface area contributed by atoms with Crippen LogP contribution in [0.3, 0.4) is 0 Å². The van der Waals surface area contributed by atoms with Crippen molar-refractivity contribution < 1.29 is 14.6 Å². The van der Waals surface area contributed by atoms with Crippen LogP contribution in [0.15, 0.2) is 28.8 Å². The van der Waals surface area contributed by atoms with Crippen LogP contribution in [0.4, 0.5) is 5.69 Å². The van der Waals surface area contributed by atoms with E-state index in [0.717, 1.165) is 6.42 Å². The zero-order valence-corrected chi connectivity index (χ0v) is 11.5. The molecular formula is C15H16N2O3. The van der Waals surface area contributed by atoms with Gasteiger partial charge in [0.05, 0.1) is 24.4 Å².